The van der Waals surface area contributed by atoms with Crippen molar-refractivity contribution in [2.24, 2.45) is 22.9 Å². The molecule has 0 radical (unpaired) electrons. The molecule has 0 aromatic rings. The van der Waals surface area contributed by atoms with Crippen molar-refractivity contribution >= 4 is 17.0 Å². The van der Waals surface area contributed by atoms with Gasteiger partial charge in [-0.3, -0.25) is 16.4 Å². The Kier molecular flexibility index (Phi) is 5.30. The summed E-state index contributed by atoms with van der Waals surface area (Å²) >= 11 is 0. The summed E-state index contributed by atoms with van der Waals surface area (Å²) in [6.45, 7) is 3.33. The summed E-state index contributed by atoms with van der Waals surface area (Å²) < 4.78 is 0. The summed E-state index contributed by atoms with van der Waals surface area (Å²) in [7, 11) is 0. The molecule has 1 heterocycles. The first-order valence-corrected chi connectivity index (χ1v) is 4.10. The third kappa shape index (κ3) is 3.13. The molecule has 0 unspecified atom stereocenters. The zero-order valence-electron chi connectivity index (χ0n) is 7.57. The molecular formula is C6H19BrN6. The number of nitrogens with two attached hydrogens (primary N) is 4. The van der Waals surface area contributed by atoms with Crippen LogP contribution in [-0.2, 0) is 0 Å². The molecule has 0 amide bonds. The SMILES string of the molecule is Br.NC(N)C(N)(N)N1CCNCC1. The maximum absolute atomic E-state index is 5.76. The Labute approximate surface area is 88.7 Å². The van der Waals surface area contributed by atoms with Gasteiger partial charge >= 0.3 is 0 Å². The Bertz CT molecular complexity index is 144. The first-order valence-electron chi connectivity index (χ1n) is 4.10. The number of hydrogen-bond donors (Lipinski definition) is 5. The van der Waals surface area contributed by atoms with Gasteiger partial charge in [0.05, 0.1) is 6.17 Å². The van der Waals surface area contributed by atoms with Crippen LogP contribution < -0.4 is 28.3 Å². The fraction of sp³-hybridized carbons (Fsp3) is 1.00. The third-order valence-corrected chi connectivity index (χ3v) is 2.20. The quantitative estimate of drug-likeness (QED) is 0.342. The average molecular weight is 255 g/mol. The molecule has 1 fully saturated rings. The summed E-state index contributed by atoms with van der Waals surface area (Å²) in [5.74, 6) is -1.08. The average Bonchev–Trinajstić information content (AvgIpc) is 2.06. The summed E-state index contributed by atoms with van der Waals surface area (Å²) in [4.78, 5) is 1.90. The maximum Gasteiger partial charge on any atom is 0.150 e. The molecule has 0 aromatic carbocycles. The number of halogens is 1. The fourth-order valence-corrected chi connectivity index (χ4v) is 1.26. The van der Waals surface area contributed by atoms with Crippen molar-refractivity contribution in [2.45, 2.75) is 12.0 Å². The predicted octanol–water partition coefficient (Wildman–Crippen LogP) is -2.72. The normalized spacial score (nSPS) is 20.1. The van der Waals surface area contributed by atoms with E-state index in [1.165, 1.54) is 0 Å². The van der Waals surface area contributed by atoms with Crippen molar-refractivity contribution in [3.8, 4) is 0 Å². The summed E-state index contributed by atoms with van der Waals surface area (Å²) in [6, 6.07) is 0. The van der Waals surface area contributed by atoms with Crippen LogP contribution in [0.4, 0.5) is 0 Å². The van der Waals surface area contributed by atoms with E-state index in [0.29, 0.717) is 0 Å². The molecule has 6 nitrogen and oxygen atoms in total. The Morgan fingerprint density at radius 1 is 1.15 bits per heavy atom. The van der Waals surface area contributed by atoms with Gasteiger partial charge in [0.15, 0.2) is 0 Å². The second-order valence-electron chi connectivity index (χ2n) is 3.15. The van der Waals surface area contributed by atoms with E-state index in [0.717, 1.165) is 26.2 Å². The standard InChI is InChI=1S/C6H18N6.BrH/c7-5(8)6(9,10)12-3-1-11-2-4-12;/h5,11H,1-4,7-10H2;1H. The lowest BCUT2D eigenvalue weighted by molar-refractivity contribution is 0.0611. The van der Waals surface area contributed by atoms with Crippen LogP contribution in [0, 0.1) is 0 Å². The van der Waals surface area contributed by atoms with Crippen molar-refractivity contribution in [1.29, 1.82) is 0 Å². The summed E-state index contributed by atoms with van der Waals surface area (Å²) in [5.41, 5.74) is 22.5. The largest absolute Gasteiger partial charge is 0.314 e. The second-order valence-corrected chi connectivity index (χ2v) is 3.15. The maximum atomic E-state index is 5.76. The first-order chi connectivity index (χ1) is 5.55. The van der Waals surface area contributed by atoms with Crippen molar-refractivity contribution < 1.29 is 0 Å². The lowest BCUT2D eigenvalue weighted by Gasteiger charge is -2.42. The van der Waals surface area contributed by atoms with E-state index < -0.39 is 12.0 Å². The van der Waals surface area contributed by atoms with Gasteiger partial charge in [0.25, 0.3) is 0 Å². The van der Waals surface area contributed by atoms with Gasteiger partial charge < -0.3 is 16.8 Å². The third-order valence-electron chi connectivity index (χ3n) is 2.20. The topological polar surface area (TPSA) is 119 Å². The van der Waals surface area contributed by atoms with Gasteiger partial charge in [-0.1, -0.05) is 0 Å². The van der Waals surface area contributed by atoms with Gasteiger partial charge in [0.1, 0.15) is 5.79 Å². The van der Waals surface area contributed by atoms with Gasteiger partial charge in [-0.15, -0.1) is 17.0 Å². The zero-order valence-corrected chi connectivity index (χ0v) is 9.28. The van der Waals surface area contributed by atoms with Gasteiger partial charge in [-0.2, -0.15) is 0 Å². The number of hydrogen-bond acceptors (Lipinski definition) is 6. The molecular weight excluding hydrogens is 236 g/mol. The van der Waals surface area contributed by atoms with Crippen LogP contribution in [0.3, 0.4) is 0 Å². The Morgan fingerprint density at radius 3 is 2.00 bits per heavy atom. The molecule has 1 aliphatic heterocycles. The number of nitrogens with zero attached hydrogens (tertiary/aromatic N) is 1. The first kappa shape index (κ1) is 13.2. The monoisotopic (exact) mass is 254 g/mol. The lowest BCUT2D eigenvalue weighted by atomic mass is 10.2. The van der Waals surface area contributed by atoms with Gasteiger partial charge in [-0.25, -0.2) is 0 Å². The molecule has 0 aliphatic carbocycles. The van der Waals surface area contributed by atoms with Gasteiger partial charge in [0.2, 0.25) is 0 Å². The van der Waals surface area contributed by atoms with Gasteiger partial charge in [0, 0.05) is 26.2 Å². The highest BCUT2D eigenvalue weighted by atomic mass is 79.9. The predicted molar refractivity (Wildman–Crippen MR) is 58.0 cm³/mol. The van der Waals surface area contributed by atoms with E-state index in [1.807, 2.05) is 4.90 Å². The van der Waals surface area contributed by atoms with Crippen molar-refractivity contribution in [3.63, 3.8) is 0 Å². The van der Waals surface area contributed by atoms with Crippen molar-refractivity contribution in [2.75, 3.05) is 26.2 Å². The summed E-state index contributed by atoms with van der Waals surface area (Å²) in [6.07, 6.45) is -0.712. The van der Waals surface area contributed by atoms with Crippen LogP contribution >= 0.6 is 17.0 Å². The van der Waals surface area contributed by atoms with Crippen LogP contribution in [0.15, 0.2) is 0 Å². The molecule has 0 saturated carbocycles. The Balaban J connectivity index is 0.00000144. The molecule has 80 valence electrons. The van der Waals surface area contributed by atoms with E-state index >= 15 is 0 Å². The summed E-state index contributed by atoms with van der Waals surface area (Å²) in [5, 5.41) is 3.19. The van der Waals surface area contributed by atoms with Crippen molar-refractivity contribution in [1.82, 2.24) is 10.2 Å². The highest BCUT2D eigenvalue weighted by Gasteiger charge is 2.33. The molecule has 1 aliphatic rings. The van der Waals surface area contributed by atoms with Crippen LogP contribution in [0.5, 0.6) is 0 Å². The molecule has 1 rings (SSSR count). The highest BCUT2D eigenvalue weighted by molar-refractivity contribution is 8.93. The van der Waals surface area contributed by atoms with E-state index in [4.69, 9.17) is 22.9 Å². The Hall–Kier alpha value is 0.240. The molecule has 0 atom stereocenters. The molecule has 1 saturated heterocycles. The molecule has 9 N–H and O–H groups in total. The molecule has 0 aromatic heterocycles. The van der Waals surface area contributed by atoms with Crippen LogP contribution in [0.2, 0.25) is 0 Å². The Morgan fingerprint density at radius 2 is 1.62 bits per heavy atom. The minimum atomic E-state index is -1.08. The van der Waals surface area contributed by atoms with Gasteiger partial charge in [-0.05, 0) is 0 Å². The van der Waals surface area contributed by atoms with Crippen LogP contribution in [-0.4, -0.2) is 43.0 Å². The molecule has 7 heteroatoms. The highest BCUT2D eigenvalue weighted by Crippen LogP contribution is 2.03. The van der Waals surface area contributed by atoms with E-state index in [9.17, 15) is 0 Å². The molecule has 0 spiro atoms. The lowest BCUT2D eigenvalue weighted by Crippen LogP contribution is -2.76. The fourth-order valence-electron chi connectivity index (χ4n) is 1.26. The molecule has 0 bridgehead atoms. The van der Waals surface area contributed by atoms with E-state index in [-0.39, 0.29) is 17.0 Å². The van der Waals surface area contributed by atoms with Crippen LogP contribution in [0.25, 0.3) is 0 Å². The smallest absolute Gasteiger partial charge is 0.150 e. The van der Waals surface area contributed by atoms with E-state index in [1.54, 1.807) is 0 Å². The van der Waals surface area contributed by atoms with Crippen LogP contribution in [0.1, 0.15) is 0 Å². The van der Waals surface area contributed by atoms with E-state index in [2.05, 4.69) is 5.32 Å². The number of rotatable bonds is 2. The zero-order chi connectivity index (χ0) is 9.19. The minimum Gasteiger partial charge on any atom is -0.314 e. The second kappa shape index (κ2) is 5.20. The number of piperazine rings is 1. The molecule has 13 heavy (non-hydrogen) atoms. The van der Waals surface area contributed by atoms with Crippen molar-refractivity contribution in [3.05, 3.63) is 0 Å². The minimum absolute atomic E-state index is 0. The number of nitrogens with one attached hydrogen (secondary N) is 1.